The van der Waals surface area contributed by atoms with Crippen LogP contribution >= 0.6 is 12.2 Å². The molecule has 0 radical (unpaired) electrons. The van der Waals surface area contributed by atoms with E-state index in [2.05, 4.69) is 41.5 Å². The molecule has 27 heavy (non-hydrogen) atoms. The first-order valence-electron chi connectivity index (χ1n) is 10.0. The first kappa shape index (κ1) is 18.4. The van der Waals surface area contributed by atoms with Gasteiger partial charge in [0, 0.05) is 24.6 Å². The molecule has 1 heterocycles. The molecule has 5 nitrogen and oxygen atoms in total. The lowest BCUT2D eigenvalue weighted by Gasteiger charge is -2.28. The fourth-order valence-corrected chi connectivity index (χ4v) is 5.22. The molecule has 1 amide bonds. The molecule has 144 valence electrons. The van der Waals surface area contributed by atoms with Gasteiger partial charge in [-0.25, -0.2) is 0 Å². The maximum Gasteiger partial charge on any atom is 0.222 e. The number of fused-ring (bicyclic) bond motifs is 2. The summed E-state index contributed by atoms with van der Waals surface area (Å²) in [5.74, 6) is 3.27. The maximum absolute atomic E-state index is 12.5. The highest BCUT2D eigenvalue weighted by atomic mass is 32.1. The summed E-state index contributed by atoms with van der Waals surface area (Å²) in [7, 11) is 0. The summed E-state index contributed by atoms with van der Waals surface area (Å²) in [6.07, 6.45) is 5.81. The van der Waals surface area contributed by atoms with Crippen LogP contribution in [0.1, 0.15) is 44.6 Å². The SMILES string of the molecule is Cc1ccc(-c2n[nH]c(=S)n2CCC(=O)N[C@H](C)[C@@H]2C[C@H]3CC[C@H]2C3)cc1. The van der Waals surface area contributed by atoms with E-state index in [1.807, 2.05) is 16.7 Å². The Morgan fingerprint density at radius 2 is 2.11 bits per heavy atom. The zero-order valence-corrected chi connectivity index (χ0v) is 16.9. The quantitative estimate of drug-likeness (QED) is 0.732. The molecule has 1 aromatic carbocycles. The van der Waals surface area contributed by atoms with Crippen molar-refractivity contribution in [3.63, 3.8) is 0 Å². The van der Waals surface area contributed by atoms with Crippen molar-refractivity contribution in [1.29, 1.82) is 0 Å². The fraction of sp³-hybridized carbons (Fsp3) is 0.571. The zero-order chi connectivity index (χ0) is 19.0. The molecule has 4 rings (SSSR count). The average Bonchev–Trinajstić information content (AvgIpc) is 3.36. The molecule has 2 bridgehead atoms. The summed E-state index contributed by atoms with van der Waals surface area (Å²) in [6, 6.07) is 8.45. The predicted octanol–water partition coefficient (Wildman–Crippen LogP) is 4.25. The highest BCUT2D eigenvalue weighted by Gasteiger charge is 2.42. The van der Waals surface area contributed by atoms with Crippen LogP contribution in [0.4, 0.5) is 0 Å². The lowest BCUT2D eigenvalue weighted by molar-refractivity contribution is -0.122. The summed E-state index contributed by atoms with van der Waals surface area (Å²) in [4.78, 5) is 12.5. The van der Waals surface area contributed by atoms with E-state index in [9.17, 15) is 4.79 Å². The van der Waals surface area contributed by atoms with Crippen LogP contribution in [0, 0.1) is 29.4 Å². The number of hydrogen-bond donors (Lipinski definition) is 2. The fourth-order valence-electron chi connectivity index (χ4n) is 5.00. The third-order valence-electron chi connectivity index (χ3n) is 6.45. The number of amides is 1. The number of H-pyrrole nitrogens is 1. The van der Waals surface area contributed by atoms with Gasteiger partial charge < -0.3 is 5.32 Å². The van der Waals surface area contributed by atoms with Crippen LogP contribution < -0.4 is 5.32 Å². The molecule has 0 unspecified atom stereocenters. The number of aryl methyl sites for hydroxylation is 1. The molecule has 1 aromatic heterocycles. The number of benzene rings is 1. The van der Waals surface area contributed by atoms with Crippen molar-refractivity contribution < 1.29 is 4.79 Å². The summed E-state index contributed by atoms with van der Waals surface area (Å²) >= 11 is 5.37. The number of carbonyl (C=O) groups is 1. The van der Waals surface area contributed by atoms with Crippen LogP contribution in [0.15, 0.2) is 24.3 Å². The number of hydrogen-bond acceptors (Lipinski definition) is 3. The Hall–Kier alpha value is -1.95. The van der Waals surface area contributed by atoms with Gasteiger partial charge in [-0.1, -0.05) is 36.2 Å². The van der Waals surface area contributed by atoms with E-state index in [-0.39, 0.29) is 11.9 Å². The van der Waals surface area contributed by atoms with Crippen LogP contribution in [0.2, 0.25) is 0 Å². The van der Waals surface area contributed by atoms with E-state index in [1.165, 1.54) is 31.2 Å². The van der Waals surface area contributed by atoms with Gasteiger partial charge in [-0.05, 0) is 63.1 Å². The standard InChI is InChI=1S/C21H28N4OS/c1-13-3-6-16(7-4-13)20-23-24-21(27)25(20)10-9-19(26)22-14(2)18-12-15-5-8-17(18)11-15/h3-4,6-7,14-15,17-18H,5,8-12H2,1-2H3,(H,22,26)(H,24,27)/t14-,15+,17+,18+/m1/s1. The van der Waals surface area contributed by atoms with Crippen molar-refractivity contribution in [3.8, 4) is 11.4 Å². The van der Waals surface area contributed by atoms with Crippen molar-refractivity contribution in [3.05, 3.63) is 34.6 Å². The number of nitrogens with zero attached hydrogens (tertiary/aromatic N) is 2. The Bertz CT molecular complexity index is 869. The lowest BCUT2D eigenvalue weighted by atomic mass is 9.84. The van der Waals surface area contributed by atoms with E-state index in [4.69, 9.17) is 12.2 Å². The van der Waals surface area contributed by atoms with Crippen LogP contribution in [-0.4, -0.2) is 26.7 Å². The maximum atomic E-state index is 12.5. The summed E-state index contributed by atoms with van der Waals surface area (Å²) in [5.41, 5.74) is 2.21. The number of rotatable bonds is 6. The van der Waals surface area contributed by atoms with Gasteiger partial charge in [0.1, 0.15) is 0 Å². The van der Waals surface area contributed by atoms with Crippen LogP contribution in [-0.2, 0) is 11.3 Å². The smallest absolute Gasteiger partial charge is 0.222 e. The summed E-state index contributed by atoms with van der Waals surface area (Å²) < 4.78 is 2.47. The van der Waals surface area contributed by atoms with Crippen molar-refractivity contribution >= 4 is 18.1 Å². The molecule has 2 saturated carbocycles. The third kappa shape index (κ3) is 3.86. The second-order valence-corrected chi connectivity index (χ2v) is 8.70. The van der Waals surface area contributed by atoms with Crippen LogP contribution in [0.25, 0.3) is 11.4 Å². The van der Waals surface area contributed by atoms with Crippen molar-refractivity contribution in [2.75, 3.05) is 0 Å². The molecule has 0 aliphatic heterocycles. The second kappa shape index (κ2) is 7.58. The van der Waals surface area contributed by atoms with E-state index >= 15 is 0 Å². The first-order chi connectivity index (χ1) is 13.0. The van der Waals surface area contributed by atoms with Crippen molar-refractivity contribution in [2.24, 2.45) is 17.8 Å². The van der Waals surface area contributed by atoms with Crippen LogP contribution in [0.3, 0.4) is 0 Å². The number of aromatic amines is 1. The largest absolute Gasteiger partial charge is 0.353 e. The van der Waals surface area contributed by atoms with Gasteiger partial charge in [0.15, 0.2) is 10.6 Å². The van der Waals surface area contributed by atoms with Gasteiger partial charge in [0.2, 0.25) is 5.91 Å². The lowest BCUT2D eigenvalue weighted by Crippen LogP contribution is -2.40. The number of nitrogens with one attached hydrogen (secondary N) is 2. The molecule has 2 fully saturated rings. The summed E-state index contributed by atoms with van der Waals surface area (Å²) in [5, 5.41) is 10.5. The van der Waals surface area contributed by atoms with E-state index < -0.39 is 0 Å². The molecule has 0 spiro atoms. The Labute approximate surface area is 165 Å². The number of aromatic nitrogens is 3. The van der Waals surface area contributed by atoms with Gasteiger partial charge in [-0.15, -0.1) is 0 Å². The third-order valence-corrected chi connectivity index (χ3v) is 6.77. The number of carbonyl (C=O) groups excluding carboxylic acids is 1. The Morgan fingerprint density at radius 3 is 2.78 bits per heavy atom. The first-order valence-corrected chi connectivity index (χ1v) is 10.4. The molecular formula is C21H28N4OS. The monoisotopic (exact) mass is 384 g/mol. The average molecular weight is 385 g/mol. The molecule has 2 N–H and O–H groups in total. The molecule has 2 aromatic rings. The highest BCUT2D eigenvalue weighted by Crippen LogP contribution is 2.49. The van der Waals surface area contributed by atoms with E-state index in [0.717, 1.165) is 23.2 Å². The summed E-state index contributed by atoms with van der Waals surface area (Å²) in [6.45, 7) is 4.76. The molecule has 0 saturated heterocycles. The zero-order valence-electron chi connectivity index (χ0n) is 16.1. The Balaban J connectivity index is 1.37. The molecule has 2 aliphatic rings. The van der Waals surface area contributed by atoms with E-state index in [1.54, 1.807) is 0 Å². The van der Waals surface area contributed by atoms with Gasteiger partial charge in [0.25, 0.3) is 0 Å². The normalized spacial score (nSPS) is 24.9. The van der Waals surface area contributed by atoms with Gasteiger partial charge in [0.05, 0.1) is 0 Å². The van der Waals surface area contributed by atoms with Gasteiger partial charge >= 0.3 is 0 Å². The van der Waals surface area contributed by atoms with Crippen molar-refractivity contribution in [2.45, 2.75) is 58.5 Å². The molecule has 4 atom stereocenters. The predicted molar refractivity (Wildman–Crippen MR) is 109 cm³/mol. The van der Waals surface area contributed by atoms with Crippen LogP contribution in [0.5, 0.6) is 0 Å². The Morgan fingerprint density at radius 1 is 1.33 bits per heavy atom. The molecular weight excluding hydrogens is 356 g/mol. The minimum absolute atomic E-state index is 0.100. The van der Waals surface area contributed by atoms with E-state index in [0.29, 0.717) is 23.7 Å². The second-order valence-electron chi connectivity index (χ2n) is 8.31. The van der Waals surface area contributed by atoms with Crippen molar-refractivity contribution in [1.82, 2.24) is 20.1 Å². The molecule has 2 aliphatic carbocycles. The highest BCUT2D eigenvalue weighted by molar-refractivity contribution is 7.71. The Kier molecular flexibility index (Phi) is 5.17. The minimum atomic E-state index is 0.100. The van der Waals surface area contributed by atoms with Gasteiger partial charge in [-0.2, -0.15) is 5.10 Å². The molecule has 6 heteroatoms. The minimum Gasteiger partial charge on any atom is -0.353 e. The van der Waals surface area contributed by atoms with Gasteiger partial charge in [-0.3, -0.25) is 14.5 Å². The topological polar surface area (TPSA) is 62.7 Å².